The molecule has 0 heterocycles. The van der Waals surface area contributed by atoms with Crippen LogP contribution in [0.15, 0.2) is 23.1 Å². The molecule has 14 heavy (non-hydrogen) atoms. The maximum atomic E-state index is 11.5. The summed E-state index contributed by atoms with van der Waals surface area (Å²) in [5.41, 5.74) is 0.534. The van der Waals surface area contributed by atoms with Crippen molar-refractivity contribution in [3.8, 4) is 5.75 Å². The van der Waals surface area contributed by atoms with Crippen LogP contribution in [0.5, 0.6) is 5.75 Å². The molecule has 1 N–H and O–H groups in total. The maximum Gasteiger partial charge on any atom is 0.316 e. The van der Waals surface area contributed by atoms with Crippen LogP contribution < -0.4 is 0 Å². The van der Waals surface area contributed by atoms with Gasteiger partial charge in [-0.25, -0.2) is 15.0 Å². The third-order valence-electron chi connectivity index (χ3n) is 1.74. The van der Waals surface area contributed by atoms with Gasteiger partial charge in [-0.05, 0) is 24.6 Å². The predicted molar refractivity (Wildman–Crippen MR) is 51.5 cm³/mol. The van der Waals surface area contributed by atoms with E-state index in [1.54, 1.807) is 6.92 Å². The van der Waals surface area contributed by atoms with Crippen molar-refractivity contribution in [1.29, 1.82) is 0 Å². The van der Waals surface area contributed by atoms with Crippen LogP contribution in [-0.4, -0.2) is 19.4 Å². The first kappa shape index (κ1) is 10.5. The van der Waals surface area contributed by atoms with Gasteiger partial charge in [0.25, 0.3) is 9.84 Å². The fraction of sp³-hybridized carbons (Fsp3) is 0.222. The lowest BCUT2D eigenvalue weighted by molar-refractivity contribution is 0.473. The van der Waals surface area contributed by atoms with Crippen molar-refractivity contribution in [2.45, 2.75) is 11.8 Å². The van der Waals surface area contributed by atoms with Crippen LogP contribution in [0.25, 0.3) is 4.85 Å². The molecule has 0 atom stereocenters. The Balaban J connectivity index is 3.33. The Morgan fingerprint density at radius 3 is 2.71 bits per heavy atom. The lowest BCUT2D eigenvalue weighted by atomic mass is 10.2. The summed E-state index contributed by atoms with van der Waals surface area (Å²) in [4.78, 5) is 2.86. The quantitative estimate of drug-likeness (QED) is 0.751. The molecule has 1 aromatic rings. The highest BCUT2D eigenvalue weighted by molar-refractivity contribution is 7.91. The van der Waals surface area contributed by atoms with Gasteiger partial charge in [-0.1, -0.05) is 6.07 Å². The van der Waals surface area contributed by atoms with Crippen LogP contribution in [0.1, 0.15) is 5.56 Å². The van der Waals surface area contributed by atoms with Gasteiger partial charge < -0.3 is 5.11 Å². The molecule has 1 rings (SSSR count). The molecule has 4 nitrogen and oxygen atoms in total. The Morgan fingerprint density at radius 2 is 2.14 bits per heavy atom. The molecule has 74 valence electrons. The zero-order valence-corrected chi connectivity index (χ0v) is 8.37. The Bertz CT molecular complexity index is 485. The minimum atomic E-state index is -3.58. The molecule has 0 spiro atoms. The molecule has 0 aliphatic carbocycles. The third kappa shape index (κ3) is 2.03. The monoisotopic (exact) mass is 211 g/mol. The normalized spacial score (nSPS) is 10.9. The minimum absolute atomic E-state index is 0.0218. The van der Waals surface area contributed by atoms with Crippen molar-refractivity contribution in [1.82, 2.24) is 0 Å². The molecular formula is C9H9NO3S. The summed E-state index contributed by atoms with van der Waals surface area (Å²) in [6.45, 7) is 8.14. The summed E-state index contributed by atoms with van der Waals surface area (Å²) in [5, 5.41) is 9.13. The molecule has 0 saturated carbocycles. The van der Waals surface area contributed by atoms with Crippen LogP contribution in [0.2, 0.25) is 0 Å². The largest absolute Gasteiger partial charge is 0.508 e. The van der Waals surface area contributed by atoms with E-state index in [1.165, 1.54) is 12.1 Å². The van der Waals surface area contributed by atoms with E-state index < -0.39 is 15.7 Å². The summed E-state index contributed by atoms with van der Waals surface area (Å²) in [6.07, 6.45) is 0. The van der Waals surface area contributed by atoms with Gasteiger partial charge in [0, 0.05) is 0 Å². The smallest absolute Gasteiger partial charge is 0.316 e. The number of nitrogens with zero attached hydrogens (tertiary/aromatic N) is 1. The fourth-order valence-electron chi connectivity index (χ4n) is 1.08. The van der Waals surface area contributed by atoms with Crippen molar-refractivity contribution >= 4 is 9.84 Å². The number of aromatic hydroxyl groups is 1. The Morgan fingerprint density at radius 1 is 1.50 bits per heavy atom. The van der Waals surface area contributed by atoms with Gasteiger partial charge in [-0.3, -0.25) is 4.85 Å². The van der Waals surface area contributed by atoms with Crippen LogP contribution >= 0.6 is 0 Å². The molecule has 0 saturated heterocycles. The van der Waals surface area contributed by atoms with Crippen LogP contribution in [0.4, 0.5) is 0 Å². The van der Waals surface area contributed by atoms with Crippen LogP contribution in [0.3, 0.4) is 0 Å². The lowest BCUT2D eigenvalue weighted by Crippen LogP contribution is -2.05. The van der Waals surface area contributed by atoms with Gasteiger partial charge in [0.1, 0.15) is 5.75 Å². The molecule has 5 heteroatoms. The molecule has 0 fully saturated rings. The van der Waals surface area contributed by atoms with Crippen molar-refractivity contribution in [2.24, 2.45) is 0 Å². The summed E-state index contributed by atoms with van der Waals surface area (Å²) in [7, 11) is -3.58. The second kappa shape index (κ2) is 3.68. The number of hydrogen-bond donors (Lipinski definition) is 1. The topological polar surface area (TPSA) is 58.7 Å². The average molecular weight is 211 g/mol. The van der Waals surface area contributed by atoms with E-state index in [9.17, 15) is 8.42 Å². The zero-order valence-electron chi connectivity index (χ0n) is 7.56. The average Bonchev–Trinajstić information content (AvgIpc) is 2.09. The predicted octanol–water partition coefficient (Wildman–Crippen LogP) is 1.35. The molecule has 0 aliphatic heterocycles. The van der Waals surface area contributed by atoms with Crippen LogP contribution in [0, 0.1) is 13.5 Å². The summed E-state index contributed by atoms with van der Waals surface area (Å²) in [6, 6.07) is 4.08. The van der Waals surface area contributed by atoms with E-state index in [4.69, 9.17) is 11.7 Å². The van der Waals surface area contributed by atoms with E-state index >= 15 is 0 Å². The number of sulfone groups is 1. The maximum absolute atomic E-state index is 11.5. The molecule has 0 unspecified atom stereocenters. The fourth-order valence-corrected chi connectivity index (χ4v) is 2.25. The summed E-state index contributed by atoms with van der Waals surface area (Å²) < 4.78 is 23.0. The van der Waals surface area contributed by atoms with Crippen molar-refractivity contribution in [2.75, 3.05) is 5.88 Å². The first-order valence-electron chi connectivity index (χ1n) is 3.83. The van der Waals surface area contributed by atoms with E-state index in [2.05, 4.69) is 4.85 Å². The second-order valence-electron chi connectivity index (χ2n) is 2.85. The number of rotatable bonds is 2. The van der Waals surface area contributed by atoms with Gasteiger partial charge in [0.05, 0.1) is 4.90 Å². The Kier molecular flexibility index (Phi) is 2.77. The number of aryl methyl sites for hydroxylation is 1. The number of benzene rings is 1. The summed E-state index contributed by atoms with van der Waals surface area (Å²) in [5.74, 6) is -0.698. The second-order valence-corrected chi connectivity index (χ2v) is 4.78. The minimum Gasteiger partial charge on any atom is -0.508 e. The third-order valence-corrected chi connectivity index (χ3v) is 3.32. The molecule has 1 aromatic carbocycles. The molecule has 0 bridgehead atoms. The van der Waals surface area contributed by atoms with Crippen molar-refractivity contribution < 1.29 is 13.5 Å². The highest BCUT2D eigenvalue weighted by Crippen LogP contribution is 2.21. The Hall–Kier alpha value is -1.54. The van der Waals surface area contributed by atoms with Gasteiger partial charge in [0.2, 0.25) is 0 Å². The van der Waals surface area contributed by atoms with Gasteiger partial charge in [0.15, 0.2) is 0 Å². The molecule has 0 amide bonds. The van der Waals surface area contributed by atoms with E-state index in [1.807, 2.05) is 0 Å². The van der Waals surface area contributed by atoms with Gasteiger partial charge in [-0.2, -0.15) is 0 Å². The van der Waals surface area contributed by atoms with Crippen molar-refractivity contribution in [3.63, 3.8) is 0 Å². The first-order chi connectivity index (χ1) is 6.47. The van der Waals surface area contributed by atoms with Gasteiger partial charge >= 0.3 is 5.88 Å². The highest BCUT2D eigenvalue weighted by Gasteiger charge is 2.20. The van der Waals surface area contributed by atoms with E-state index in [-0.39, 0.29) is 10.6 Å². The summed E-state index contributed by atoms with van der Waals surface area (Å²) >= 11 is 0. The van der Waals surface area contributed by atoms with Crippen LogP contribution in [-0.2, 0) is 9.84 Å². The molecule has 0 aliphatic rings. The number of phenols is 1. The Labute approximate surface area is 82.5 Å². The van der Waals surface area contributed by atoms with Crippen molar-refractivity contribution in [3.05, 3.63) is 35.2 Å². The standard InChI is InChI=1S/C9H9NO3S/c1-7-3-4-8(11)5-9(7)14(12,13)6-10-2/h3-5,11H,6H2,1H3. The molecular weight excluding hydrogens is 202 g/mol. The van der Waals surface area contributed by atoms with E-state index in [0.29, 0.717) is 5.56 Å². The number of hydrogen-bond acceptors (Lipinski definition) is 3. The first-order valence-corrected chi connectivity index (χ1v) is 5.48. The SMILES string of the molecule is [C-]#[N+]CS(=O)(=O)c1cc(O)ccc1C. The van der Waals surface area contributed by atoms with E-state index in [0.717, 1.165) is 6.07 Å². The lowest BCUT2D eigenvalue weighted by Gasteiger charge is -2.02. The molecule has 0 radical (unpaired) electrons. The highest BCUT2D eigenvalue weighted by atomic mass is 32.2. The zero-order chi connectivity index (χ0) is 10.8. The van der Waals surface area contributed by atoms with Gasteiger partial charge in [-0.15, -0.1) is 0 Å². The molecule has 0 aromatic heterocycles. The number of phenolic OH excluding ortho intramolecular Hbond substituents is 1.